The third-order valence-corrected chi connectivity index (χ3v) is 6.54. The van der Waals surface area contributed by atoms with Crippen molar-refractivity contribution < 1.29 is 4.79 Å². The molecule has 1 aromatic heterocycles. The number of hydrogen-bond donors (Lipinski definition) is 1. The number of anilines is 1. The number of amides is 1. The van der Waals surface area contributed by atoms with Crippen LogP contribution < -0.4 is 15.8 Å². The van der Waals surface area contributed by atoms with Crippen molar-refractivity contribution >= 4 is 11.6 Å². The molecular weight excluding hydrogens is 366 g/mol. The molecule has 1 aromatic rings. The molecule has 4 rings (SSSR count). The molecule has 2 saturated heterocycles. The van der Waals surface area contributed by atoms with Crippen LogP contribution in [0.5, 0.6) is 0 Å². The van der Waals surface area contributed by atoms with E-state index in [1.807, 2.05) is 6.20 Å². The Morgan fingerprint density at radius 2 is 1.90 bits per heavy atom. The fourth-order valence-corrected chi connectivity index (χ4v) is 4.62. The van der Waals surface area contributed by atoms with Crippen LogP contribution in [0, 0.1) is 11.8 Å². The highest BCUT2D eigenvalue weighted by Gasteiger charge is 2.25. The zero-order chi connectivity index (χ0) is 20.1. The molecule has 1 saturated carbocycles. The van der Waals surface area contributed by atoms with Crippen LogP contribution in [0.2, 0.25) is 0 Å². The molecule has 1 aliphatic carbocycles. The smallest absolute Gasteiger partial charge is 0.268 e. The lowest BCUT2D eigenvalue weighted by Crippen LogP contribution is -2.40. The van der Waals surface area contributed by atoms with Gasteiger partial charge in [-0.25, -0.2) is 4.68 Å². The zero-order valence-corrected chi connectivity index (χ0v) is 17.5. The van der Waals surface area contributed by atoms with Crippen LogP contribution in [0.4, 0.5) is 5.69 Å². The molecule has 7 heteroatoms. The van der Waals surface area contributed by atoms with Gasteiger partial charge < -0.3 is 15.1 Å². The monoisotopic (exact) mass is 401 g/mol. The number of nitrogens with zero attached hydrogens (tertiary/aromatic N) is 4. The largest absolute Gasteiger partial charge is 0.370 e. The minimum Gasteiger partial charge on any atom is -0.370 e. The van der Waals surface area contributed by atoms with Gasteiger partial charge in [-0.3, -0.25) is 9.59 Å². The summed E-state index contributed by atoms with van der Waals surface area (Å²) < 4.78 is 1.60. The molecule has 0 bridgehead atoms. The number of aromatic nitrogens is 2. The molecule has 0 radical (unpaired) electrons. The van der Waals surface area contributed by atoms with Crippen molar-refractivity contribution in [3.8, 4) is 0 Å². The van der Waals surface area contributed by atoms with Gasteiger partial charge in [0.15, 0.2) is 0 Å². The molecule has 1 atom stereocenters. The quantitative estimate of drug-likeness (QED) is 0.720. The molecule has 1 N–H and O–H groups in total. The molecule has 0 spiro atoms. The normalized spacial score (nSPS) is 23.2. The van der Waals surface area contributed by atoms with E-state index in [9.17, 15) is 9.59 Å². The summed E-state index contributed by atoms with van der Waals surface area (Å²) in [6.07, 6.45) is 10.9. The Morgan fingerprint density at radius 1 is 1.07 bits per heavy atom. The SMILES string of the molecule is O=C(CC1CCCN(c2cnn(CC3CC3)c(=O)c2)C1)NCCN1CCCCC1. The highest BCUT2D eigenvalue weighted by molar-refractivity contribution is 5.76. The van der Waals surface area contributed by atoms with E-state index in [1.165, 1.54) is 45.2 Å². The lowest BCUT2D eigenvalue weighted by molar-refractivity contribution is -0.122. The first-order chi connectivity index (χ1) is 14.2. The first-order valence-electron chi connectivity index (χ1n) is 11.5. The van der Waals surface area contributed by atoms with Crippen molar-refractivity contribution in [1.82, 2.24) is 20.0 Å². The summed E-state index contributed by atoms with van der Waals surface area (Å²) in [7, 11) is 0. The molecule has 1 unspecified atom stereocenters. The maximum Gasteiger partial charge on any atom is 0.268 e. The summed E-state index contributed by atoms with van der Waals surface area (Å²) in [6.45, 7) is 6.55. The molecule has 3 fully saturated rings. The molecule has 160 valence electrons. The first-order valence-corrected chi connectivity index (χ1v) is 11.5. The van der Waals surface area contributed by atoms with Gasteiger partial charge in [-0.05, 0) is 63.5 Å². The van der Waals surface area contributed by atoms with Crippen molar-refractivity contribution in [1.29, 1.82) is 0 Å². The van der Waals surface area contributed by atoms with E-state index in [0.29, 0.717) is 18.3 Å². The Morgan fingerprint density at radius 3 is 2.66 bits per heavy atom. The minimum atomic E-state index is -0.00743. The van der Waals surface area contributed by atoms with E-state index < -0.39 is 0 Å². The Hall–Kier alpha value is -1.89. The van der Waals surface area contributed by atoms with Gasteiger partial charge in [-0.1, -0.05) is 6.42 Å². The highest BCUT2D eigenvalue weighted by atomic mass is 16.1. The van der Waals surface area contributed by atoms with Crippen LogP contribution in [0.3, 0.4) is 0 Å². The highest BCUT2D eigenvalue weighted by Crippen LogP contribution is 2.30. The fraction of sp³-hybridized carbons (Fsp3) is 0.773. The van der Waals surface area contributed by atoms with E-state index in [0.717, 1.165) is 51.3 Å². The number of rotatable bonds is 8. The number of carbonyl (C=O) groups excluding carboxylic acids is 1. The van der Waals surface area contributed by atoms with Gasteiger partial charge in [0, 0.05) is 45.2 Å². The van der Waals surface area contributed by atoms with Gasteiger partial charge in [0.25, 0.3) is 5.56 Å². The summed E-state index contributed by atoms with van der Waals surface area (Å²) in [5.74, 6) is 1.14. The molecule has 1 amide bonds. The van der Waals surface area contributed by atoms with Crippen molar-refractivity contribution in [2.45, 2.75) is 57.9 Å². The van der Waals surface area contributed by atoms with E-state index in [4.69, 9.17) is 0 Å². The van der Waals surface area contributed by atoms with Gasteiger partial charge in [-0.15, -0.1) is 0 Å². The molecule has 2 aliphatic heterocycles. The lowest BCUT2D eigenvalue weighted by atomic mass is 9.94. The molecule has 7 nitrogen and oxygen atoms in total. The van der Waals surface area contributed by atoms with E-state index in [2.05, 4.69) is 20.2 Å². The van der Waals surface area contributed by atoms with Gasteiger partial charge in [0.2, 0.25) is 5.91 Å². The number of piperidine rings is 2. The minimum absolute atomic E-state index is 0.00743. The summed E-state index contributed by atoms with van der Waals surface area (Å²) >= 11 is 0. The second kappa shape index (κ2) is 9.74. The molecule has 29 heavy (non-hydrogen) atoms. The Bertz CT molecular complexity index is 739. The Balaban J connectivity index is 1.23. The molecular formula is C22H35N5O2. The molecule has 3 heterocycles. The second-order valence-electron chi connectivity index (χ2n) is 9.09. The third-order valence-electron chi connectivity index (χ3n) is 6.54. The van der Waals surface area contributed by atoms with Gasteiger partial charge in [-0.2, -0.15) is 5.10 Å². The number of likely N-dealkylation sites (tertiary alicyclic amines) is 1. The van der Waals surface area contributed by atoms with Crippen LogP contribution in [0.15, 0.2) is 17.1 Å². The molecule has 0 aromatic carbocycles. The summed E-state index contributed by atoms with van der Waals surface area (Å²) in [4.78, 5) is 29.4. The number of hydrogen-bond acceptors (Lipinski definition) is 5. The van der Waals surface area contributed by atoms with Gasteiger partial charge in [0.05, 0.1) is 11.9 Å². The average Bonchev–Trinajstić information content (AvgIpc) is 3.55. The number of nitrogens with one attached hydrogen (secondary N) is 1. The van der Waals surface area contributed by atoms with Crippen LogP contribution in [0.1, 0.15) is 51.4 Å². The van der Waals surface area contributed by atoms with Crippen molar-refractivity contribution in [2.75, 3.05) is 44.2 Å². The second-order valence-corrected chi connectivity index (χ2v) is 9.09. The maximum absolute atomic E-state index is 12.4. The summed E-state index contributed by atoms with van der Waals surface area (Å²) in [6, 6.07) is 1.72. The van der Waals surface area contributed by atoms with Gasteiger partial charge >= 0.3 is 0 Å². The predicted octanol–water partition coefficient (Wildman–Crippen LogP) is 1.86. The molecule has 3 aliphatic rings. The van der Waals surface area contributed by atoms with E-state index in [-0.39, 0.29) is 11.5 Å². The predicted molar refractivity (Wildman–Crippen MR) is 114 cm³/mol. The summed E-state index contributed by atoms with van der Waals surface area (Å²) in [5.41, 5.74) is 0.893. The Kier molecular flexibility index (Phi) is 6.85. The van der Waals surface area contributed by atoms with Crippen molar-refractivity contribution in [3.63, 3.8) is 0 Å². The zero-order valence-electron chi connectivity index (χ0n) is 17.5. The number of carbonyl (C=O) groups is 1. The summed E-state index contributed by atoms with van der Waals surface area (Å²) in [5, 5.41) is 7.49. The van der Waals surface area contributed by atoms with Crippen molar-refractivity contribution in [3.05, 3.63) is 22.6 Å². The topological polar surface area (TPSA) is 70.5 Å². The van der Waals surface area contributed by atoms with E-state index in [1.54, 1.807) is 10.7 Å². The lowest BCUT2D eigenvalue weighted by Gasteiger charge is -2.34. The standard InChI is InChI=1S/C22H35N5O2/c28-21(23-8-12-25-9-2-1-3-10-25)13-19-5-4-11-26(16-19)20-14-22(29)27(24-15-20)17-18-6-7-18/h14-15,18-19H,1-13,16-17H2,(H,23,28). The first kappa shape index (κ1) is 20.4. The fourth-order valence-electron chi connectivity index (χ4n) is 4.62. The van der Waals surface area contributed by atoms with Gasteiger partial charge in [0.1, 0.15) is 0 Å². The van der Waals surface area contributed by atoms with Crippen LogP contribution in [-0.4, -0.2) is 59.9 Å². The van der Waals surface area contributed by atoms with Crippen LogP contribution in [-0.2, 0) is 11.3 Å². The maximum atomic E-state index is 12.4. The Labute approximate surface area is 173 Å². The van der Waals surface area contributed by atoms with Crippen LogP contribution in [0.25, 0.3) is 0 Å². The average molecular weight is 402 g/mol. The van der Waals surface area contributed by atoms with Crippen molar-refractivity contribution in [2.24, 2.45) is 11.8 Å². The van der Waals surface area contributed by atoms with Crippen LogP contribution >= 0.6 is 0 Å². The third kappa shape index (κ3) is 6.04. The van der Waals surface area contributed by atoms with E-state index >= 15 is 0 Å².